The summed E-state index contributed by atoms with van der Waals surface area (Å²) in [5.41, 5.74) is 1.01. The van der Waals surface area contributed by atoms with E-state index in [-0.39, 0.29) is 23.3 Å². The molecule has 23 heavy (non-hydrogen) atoms. The Hall–Kier alpha value is -1.44. The van der Waals surface area contributed by atoms with Gasteiger partial charge in [-0.3, -0.25) is 4.79 Å². The van der Waals surface area contributed by atoms with E-state index < -0.39 is 10.0 Å². The molecule has 1 aromatic rings. The van der Waals surface area contributed by atoms with Gasteiger partial charge in [-0.25, -0.2) is 8.42 Å². The lowest BCUT2D eigenvalue weighted by Gasteiger charge is -2.31. The molecule has 1 saturated heterocycles. The minimum Gasteiger partial charge on any atom is -0.383 e. The van der Waals surface area contributed by atoms with Gasteiger partial charge in [-0.1, -0.05) is 17.7 Å². The van der Waals surface area contributed by atoms with Crippen LogP contribution < -0.4 is 5.32 Å². The lowest BCUT2D eigenvalue weighted by Crippen LogP contribution is -2.45. The second-order valence-corrected chi connectivity index (χ2v) is 7.74. The molecule has 7 heteroatoms. The third kappa shape index (κ3) is 4.53. The fourth-order valence-electron chi connectivity index (χ4n) is 2.65. The summed E-state index contributed by atoms with van der Waals surface area (Å²) in [5, 5.41) is 2.79. The highest BCUT2D eigenvalue weighted by molar-refractivity contribution is 7.89. The van der Waals surface area contributed by atoms with Gasteiger partial charge in [0.15, 0.2) is 0 Å². The van der Waals surface area contributed by atoms with Gasteiger partial charge in [0.2, 0.25) is 15.9 Å². The van der Waals surface area contributed by atoms with Gasteiger partial charge in [0.05, 0.1) is 17.4 Å². The summed E-state index contributed by atoms with van der Waals surface area (Å²) in [4.78, 5) is 12.4. The summed E-state index contributed by atoms with van der Waals surface area (Å²) in [7, 11) is -1.97. The van der Waals surface area contributed by atoms with Gasteiger partial charge in [-0.2, -0.15) is 4.31 Å². The van der Waals surface area contributed by atoms with Crippen molar-refractivity contribution in [2.45, 2.75) is 24.7 Å². The summed E-state index contributed by atoms with van der Waals surface area (Å²) >= 11 is 0. The summed E-state index contributed by atoms with van der Waals surface area (Å²) in [6.45, 7) is 3.49. The number of nitrogens with one attached hydrogen (secondary N) is 1. The highest BCUT2D eigenvalue weighted by Gasteiger charge is 2.33. The van der Waals surface area contributed by atoms with Gasteiger partial charge in [0, 0.05) is 26.7 Å². The molecule has 1 heterocycles. The van der Waals surface area contributed by atoms with Crippen molar-refractivity contribution >= 4 is 15.9 Å². The molecule has 1 aromatic carbocycles. The lowest BCUT2D eigenvalue weighted by molar-refractivity contribution is -0.126. The van der Waals surface area contributed by atoms with Gasteiger partial charge in [-0.05, 0) is 31.9 Å². The molecule has 0 unspecified atom stereocenters. The first kappa shape index (κ1) is 17.9. The molecule has 0 spiro atoms. The van der Waals surface area contributed by atoms with Crippen LogP contribution in [0.15, 0.2) is 29.2 Å². The molecule has 128 valence electrons. The highest BCUT2D eigenvalue weighted by atomic mass is 32.2. The molecule has 0 bridgehead atoms. The van der Waals surface area contributed by atoms with E-state index in [1.54, 1.807) is 31.4 Å². The SMILES string of the molecule is COCCNC(=O)[C@@H]1CCCN(S(=O)(=O)c2ccc(C)cc2)C1. The number of ether oxygens (including phenoxy) is 1. The Morgan fingerprint density at radius 2 is 2.04 bits per heavy atom. The number of carbonyl (C=O) groups excluding carboxylic acids is 1. The first-order valence-corrected chi connectivity index (χ1v) is 9.22. The van der Waals surface area contributed by atoms with E-state index in [1.165, 1.54) is 4.31 Å². The third-order valence-corrected chi connectivity index (χ3v) is 5.90. The van der Waals surface area contributed by atoms with Crippen molar-refractivity contribution < 1.29 is 17.9 Å². The zero-order valence-corrected chi connectivity index (χ0v) is 14.4. The Morgan fingerprint density at radius 3 is 2.70 bits per heavy atom. The number of nitrogens with zero attached hydrogens (tertiary/aromatic N) is 1. The molecule has 0 radical (unpaired) electrons. The number of hydrogen-bond donors (Lipinski definition) is 1. The van der Waals surface area contributed by atoms with Crippen molar-refractivity contribution in [3.8, 4) is 0 Å². The molecule has 1 aliphatic heterocycles. The summed E-state index contributed by atoms with van der Waals surface area (Å²) < 4.78 is 31.7. The molecule has 0 saturated carbocycles. The number of piperidine rings is 1. The number of methoxy groups -OCH3 is 1. The topological polar surface area (TPSA) is 75.7 Å². The zero-order chi connectivity index (χ0) is 16.9. The fourth-order valence-corrected chi connectivity index (χ4v) is 4.18. The van der Waals surface area contributed by atoms with Gasteiger partial charge >= 0.3 is 0 Å². The maximum Gasteiger partial charge on any atom is 0.243 e. The quantitative estimate of drug-likeness (QED) is 0.789. The Labute approximate surface area is 137 Å². The molecule has 0 aliphatic carbocycles. The predicted molar refractivity (Wildman–Crippen MR) is 87.5 cm³/mol. The van der Waals surface area contributed by atoms with Crippen LogP contribution in [0.3, 0.4) is 0 Å². The van der Waals surface area contributed by atoms with E-state index in [4.69, 9.17) is 4.74 Å². The summed E-state index contributed by atoms with van der Waals surface area (Å²) in [5.74, 6) is -0.410. The van der Waals surface area contributed by atoms with Crippen molar-refractivity contribution in [3.63, 3.8) is 0 Å². The van der Waals surface area contributed by atoms with E-state index in [0.29, 0.717) is 32.5 Å². The number of rotatable bonds is 6. The Bertz CT molecular complexity index is 628. The molecular weight excluding hydrogens is 316 g/mol. The average molecular weight is 340 g/mol. The van der Waals surface area contributed by atoms with Gasteiger partial charge in [0.25, 0.3) is 0 Å². The van der Waals surface area contributed by atoms with Gasteiger partial charge in [0.1, 0.15) is 0 Å². The molecule has 1 aliphatic rings. The minimum atomic E-state index is -3.54. The third-order valence-electron chi connectivity index (χ3n) is 4.02. The first-order chi connectivity index (χ1) is 10.9. The van der Waals surface area contributed by atoms with Crippen LogP contribution in [0.1, 0.15) is 18.4 Å². The average Bonchev–Trinajstić information content (AvgIpc) is 2.55. The molecule has 1 atom stereocenters. The molecular formula is C16H24N2O4S. The number of sulfonamides is 1. The maximum absolute atomic E-state index is 12.7. The van der Waals surface area contributed by atoms with Crippen LogP contribution in [0.4, 0.5) is 0 Å². The van der Waals surface area contributed by atoms with Crippen molar-refractivity contribution in [3.05, 3.63) is 29.8 Å². The van der Waals surface area contributed by atoms with Crippen LogP contribution >= 0.6 is 0 Å². The van der Waals surface area contributed by atoms with E-state index in [2.05, 4.69) is 5.32 Å². The highest BCUT2D eigenvalue weighted by Crippen LogP contribution is 2.24. The number of carbonyl (C=O) groups is 1. The van der Waals surface area contributed by atoms with Crippen LogP contribution in [0.25, 0.3) is 0 Å². The monoisotopic (exact) mass is 340 g/mol. The molecule has 1 N–H and O–H groups in total. The predicted octanol–water partition coefficient (Wildman–Crippen LogP) is 1.16. The Morgan fingerprint density at radius 1 is 1.35 bits per heavy atom. The van der Waals surface area contributed by atoms with Crippen LogP contribution in [0.2, 0.25) is 0 Å². The van der Waals surface area contributed by atoms with Crippen molar-refractivity contribution in [2.75, 3.05) is 33.4 Å². The second kappa shape index (κ2) is 7.90. The number of hydrogen-bond acceptors (Lipinski definition) is 4. The number of benzene rings is 1. The van der Waals surface area contributed by atoms with Gasteiger partial charge < -0.3 is 10.1 Å². The number of aryl methyl sites for hydroxylation is 1. The van der Waals surface area contributed by atoms with Crippen LogP contribution in [0.5, 0.6) is 0 Å². The largest absolute Gasteiger partial charge is 0.383 e. The molecule has 0 aromatic heterocycles. The smallest absolute Gasteiger partial charge is 0.243 e. The van der Waals surface area contributed by atoms with Crippen LogP contribution in [0, 0.1) is 12.8 Å². The van der Waals surface area contributed by atoms with Crippen LogP contribution in [-0.2, 0) is 19.6 Å². The van der Waals surface area contributed by atoms with E-state index >= 15 is 0 Å². The Balaban J connectivity index is 2.05. The molecule has 1 fully saturated rings. The normalized spacial score (nSPS) is 19.5. The van der Waals surface area contributed by atoms with Crippen molar-refractivity contribution in [2.24, 2.45) is 5.92 Å². The van der Waals surface area contributed by atoms with Crippen LogP contribution in [-0.4, -0.2) is 52.0 Å². The fraction of sp³-hybridized carbons (Fsp3) is 0.562. The molecule has 2 rings (SSSR count). The Kier molecular flexibility index (Phi) is 6.15. The summed E-state index contributed by atoms with van der Waals surface area (Å²) in [6, 6.07) is 6.80. The zero-order valence-electron chi connectivity index (χ0n) is 13.6. The minimum absolute atomic E-state index is 0.106. The number of amides is 1. The summed E-state index contributed by atoms with van der Waals surface area (Å²) in [6.07, 6.45) is 1.40. The maximum atomic E-state index is 12.7. The standard InChI is InChI=1S/C16H24N2O4S/c1-13-5-7-15(8-6-13)23(20,21)18-10-3-4-14(12-18)16(19)17-9-11-22-2/h5-8,14H,3-4,9-12H2,1-2H3,(H,17,19)/t14-/m1/s1. The van der Waals surface area contributed by atoms with Gasteiger partial charge in [-0.15, -0.1) is 0 Å². The van der Waals surface area contributed by atoms with Crippen molar-refractivity contribution in [1.82, 2.24) is 9.62 Å². The van der Waals surface area contributed by atoms with E-state index in [1.807, 2.05) is 6.92 Å². The first-order valence-electron chi connectivity index (χ1n) is 7.78. The molecule has 1 amide bonds. The molecule has 6 nitrogen and oxygen atoms in total. The van der Waals surface area contributed by atoms with Crippen molar-refractivity contribution in [1.29, 1.82) is 0 Å². The lowest BCUT2D eigenvalue weighted by atomic mass is 9.99. The van der Waals surface area contributed by atoms with E-state index in [9.17, 15) is 13.2 Å². The van der Waals surface area contributed by atoms with E-state index in [0.717, 1.165) is 5.56 Å². The second-order valence-electron chi connectivity index (χ2n) is 5.80.